The third kappa shape index (κ3) is 7.05. The minimum atomic E-state index is -0.637. The van der Waals surface area contributed by atoms with E-state index in [9.17, 15) is 4.79 Å². The van der Waals surface area contributed by atoms with Crippen molar-refractivity contribution in [2.75, 3.05) is 0 Å². The fourth-order valence-corrected chi connectivity index (χ4v) is 0.797. The first-order chi connectivity index (χ1) is 6.20. The van der Waals surface area contributed by atoms with Gasteiger partial charge in [0.1, 0.15) is 0 Å². The molecule has 0 unspecified atom stereocenters. The van der Waals surface area contributed by atoms with E-state index in [2.05, 4.69) is 23.5 Å². The van der Waals surface area contributed by atoms with Crippen LogP contribution in [0.3, 0.4) is 0 Å². The summed E-state index contributed by atoms with van der Waals surface area (Å²) in [5.41, 5.74) is 8.10. The molecular formula is C9H17N3O. The maximum absolute atomic E-state index is 10.3. The number of amides is 2. The average molecular weight is 183 g/mol. The van der Waals surface area contributed by atoms with E-state index in [1.165, 1.54) is 0 Å². The van der Waals surface area contributed by atoms with Crippen LogP contribution in [0.25, 0.3) is 0 Å². The molecule has 0 bridgehead atoms. The third-order valence-electron chi connectivity index (χ3n) is 1.51. The van der Waals surface area contributed by atoms with E-state index in [4.69, 9.17) is 5.73 Å². The number of hydrazone groups is 1. The molecule has 0 atom stereocenters. The van der Waals surface area contributed by atoms with Gasteiger partial charge in [0.2, 0.25) is 0 Å². The van der Waals surface area contributed by atoms with Gasteiger partial charge in [0, 0.05) is 0 Å². The number of nitrogens with one attached hydrogen (secondary N) is 1. The number of carbonyl (C=O) groups is 1. The second-order valence-electron chi connectivity index (χ2n) is 2.66. The lowest BCUT2D eigenvalue weighted by atomic mass is 10.2. The van der Waals surface area contributed by atoms with Crippen LogP contribution in [0.2, 0.25) is 0 Å². The molecule has 3 N–H and O–H groups in total. The summed E-state index contributed by atoms with van der Waals surface area (Å²) >= 11 is 0. The summed E-state index contributed by atoms with van der Waals surface area (Å²) in [5, 5.41) is 3.68. The molecule has 0 aliphatic rings. The van der Waals surface area contributed by atoms with Gasteiger partial charge < -0.3 is 5.73 Å². The number of nitrogens with zero attached hydrogens (tertiary/aromatic N) is 1. The molecule has 0 rings (SSSR count). The zero-order valence-corrected chi connectivity index (χ0v) is 8.21. The maximum Gasteiger partial charge on any atom is 0.332 e. The molecule has 0 aromatic heterocycles. The van der Waals surface area contributed by atoms with Crippen LogP contribution in [0.1, 0.15) is 33.1 Å². The molecule has 0 aromatic carbocycles. The van der Waals surface area contributed by atoms with E-state index in [1.54, 1.807) is 6.21 Å². The molecule has 2 amide bonds. The Hall–Kier alpha value is -1.32. The fraction of sp³-hybridized carbons (Fsp3) is 0.556. The Balaban J connectivity index is 3.96. The highest BCUT2D eigenvalue weighted by atomic mass is 16.2. The van der Waals surface area contributed by atoms with Gasteiger partial charge in [-0.25, -0.2) is 10.2 Å². The number of unbranched alkanes of at least 4 members (excludes halogenated alkanes) is 1. The van der Waals surface area contributed by atoms with Gasteiger partial charge in [0.05, 0.1) is 6.21 Å². The van der Waals surface area contributed by atoms with Crippen LogP contribution in [-0.2, 0) is 0 Å². The Bertz CT molecular complexity index is 209. The molecule has 0 aromatic rings. The molecule has 0 aliphatic heterocycles. The second kappa shape index (κ2) is 7.34. The van der Waals surface area contributed by atoms with Gasteiger partial charge in [-0.3, -0.25) is 0 Å². The van der Waals surface area contributed by atoms with Crippen LogP contribution in [0.4, 0.5) is 4.79 Å². The van der Waals surface area contributed by atoms with Crippen molar-refractivity contribution >= 4 is 12.2 Å². The first kappa shape index (κ1) is 11.7. The predicted molar refractivity (Wildman–Crippen MR) is 54.5 cm³/mol. The topological polar surface area (TPSA) is 67.5 Å². The summed E-state index contributed by atoms with van der Waals surface area (Å²) < 4.78 is 0. The summed E-state index contributed by atoms with van der Waals surface area (Å²) in [5.74, 6) is 0. The number of urea groups is 1. The number of hydrogen-bond donors (Lipinski definition) is 2. The Labute approximate surface area is 78.9 Å². The first-order valence-electron chi connectivity index (χ1n) is 4.48. The van der Waals surface area contributed by atoms with E-state index in [1.807, 2.05) is 6.92 Å². The fourth-order valence-electron chi connectivity index (χ4n) is 0.797. The standard InChI is InChI=1S/C9H17N3O/c1-3-5-6-8(4-2)7-11-12-9(10)13/h6-7H,3-5H2,1-2H3,(H3,10,12,13). The third-order valence-corrected chi connectivity index (χ3v) is 1.51. The Morgan fingerprint density at radius 2 is 2.23 bits per heavy atom. The highest BCUT2D eigenvalue weighted by Crippen LogP contribution is 2.00. The molecule has 4 heteroatoms. The van der Waals surface area contributed by atoms with Gasteiger partial charge in [0.25, 0.3) is 0 Å². The molecule has 0 heterocycles. The van der Waals surface area contributed by atoms with E-state index < -0.39 is 6.03 Å². The smallest absolute Gasteiger partial charge is 0.332 e. The van der Waals surface area contributed by atoms with E-state index in [0.29, 0.717) is 0 Å². The number of rotatable bonds is 5. The number of allylic oxidation sites excluding steroid dienone is 2. The molecule has 0 aliphatic carbocycles. The van der Waals surface area contributed by atoms with Crippen LogP contribution in [0.5, 0.6) is 0 Å². The van der Waals surface area contributed by atoms with Gasteiger partial charge >= 0.3 is 6.03 Å². The summed E-state index contributed by atoms with van der Waals surface area (Å²) in [6.45, 7) is 4.15. The average Bonchev–Trinajstić information content (AvgIpc) is 2.10. The Morgan fingerprint density at radius 3 is 2.69 bits per heavy atom. The van der Waals surface area contributed by atoms with Crippen molar-refractivity contribution in [3.8, 4) is 0 Å². The van der Waals surface area contributed by atoms with Crippen LogP contribution >= 0.6 is 0 Å². The molecule has 0 saturated heterocycles. The van der Waals surface area contributed by atoms with Crippen LogP contribution in [-0.4, -0.2) is 12.2 Å². The van der Waals surface area contributed by atoms with E-state index in [-0.39, 0.29) is 0 Å². The number of hydrogen-bond acceptors (Lipinski definition) is 2. The maximum atomic E-state index is 10.3. The van der Waals surface area contributed by atoms with Crippen molar-refractivity contribution in [2.24, 2.45) is 10.8 Å². The molecule has 0 spiro atoms. The largest absolute Gasteiger partial charge is 0.350 e. The van der Waals surface area contributed by atoms with Crippen LogP contribution < -0.4 is 11.2 Å². The van der Waals surface area contributed by atoms with Gasteiger partial charge in [-0.1, -0.05) is 26.3 Å². The molecule has 0 fully saturated rings. The number of primary amides is 1. The summed E-state index contributed by atoms with van der Waals surface area (Å²) in [7, 11) is 0. The SMILES string of the molecule is CCCC=C(C=NNC(N)=O)CC. The molecular weight excluding hydrogens is 166 g/mol. The monoisotopic (exact) mass is 183 g/mol. The van der Waals surface area contributed by atoms with Crippen LogP contribution in [0.15, 0.2) is 16.8 Å². The summed E-state index contributed by atoms with van der Waals surface area (Å²) in [4.78, 5) is 10.3. The zero-order chi connectivity index (χ0) is 10.1. The van der Waals surface area contributed by atoms with E-state index in [0.717, 1.165) is 24.8 Å². The van der Waals surface area contributed by atoms with Crippen molar-refractivity contribution in [2.45, 2.75) is 33.1 Å². The first-order valence-corrected chi connectivity index (χ1v) is 4.48. The lowest BCUT2D eigenvalue weighted by Crippen LogP contribution is -2.24. The van der Waals surface area contributed by atoms with Gasteiger partial charge in [-0.2, -0.15) is 5.10 Å². The lowest BCUT2D eigenvalue weighted by molar-refractivity contribution is 0.249. The normalized spacial score (nSPS) is 12.0. The molecule has 0 saturated carbocycles. The Morgan fingerprint density at radius 1 is 1.54 bits per heavy atom. The number of nitrogens with two attached hydrogens (primary N) is 1. The molecule has 0 radical (unpaired) electrons. The molecule has 74 valence electrons. The van der Waals surface area contributed by atoms with Crippen molar-refractivity contribution in [1.29, 1.82) is 0 Å². The minimum Gasteiger partial charge on any atom is -0.350 e. The van der Waals surface area contributed by atoms with Crippen LogP contribution in [0, 0.1) is 0 Å². The Kier molecular flexibility index (Phi) is 6.59. The van der Waals surface area contributed by atoms with Crippen molar-refractivity contribution in [3.63, 3.8) is 0 Å². The van der Waals surface area contributed by atoms with Crippen molar-refractivity contribution in [3.05, 3.63) is 11.6 Å². The quantitative estimate of drug-likeness (QED) is 0.495. The number of carbonyl (C=O) groups excluding carboxylic acids is 1. The summed E-state index contributed by atoms with van der Waals surface area (Å²) in [6, 6.07) is -0.637. The minimum absolute atomic E-state index is 0.637. The molecule has 4 nitrogen and oxygen atoms in total. The molecule has 13 heavy (non-hydrogen) atoms. The van der Waals surface area contributed by atoms with Gasteiger partial charge in [-0.15, -0.1) is 0 Å². The predicted octanol–water partition coefficient (Wildman–Crippen LogP) is 1.78. The summed E-state index contributed by atoms with van der Waals surface area (Å²) in [6.07, 6.45) is 6.78. The lowest BCUT2D eigenvalue weighted by Gasteiger charge is -1.96. The van der Waals surface area contributed by atoms with Gasteiger partial charge in [-0.05, 0) is 18.4 Å². The highest BCUT2D eigenvalue weighted by Gasteiger charge is 1.89. The van der Waals surface area contributed by atoms with Gasteiger partial charge in [0.15, 0.2) is 0 Å². The van der Waals surface area contributed by atoms with E-state index >= 15 is 0 Å². The second-order valence-corrected chi connectivity index (χ2v) is 2.66. The zero-order valence-electron chi connectivity index (χ0n) is 8.21. The highest BCUT2D eigenvalue weighted by molar-refractivity contribution is 5.80. The van der Waals surface area contributed by atoms with Crippen molar-refractivity contribution in [1.82, 2.24) is 5.43 Å². The van der Waals surface area contributed by atoms with Crippen molar-refractivity contribution < 1.29 is 4.79 Å².